The van der Waals surface area contributed by atoms with Crippen LogP contribution in [0.4, 0.5) is 0 Å². The third kappa shape index (κ3) is 10.5. The van der Waals surface area contributed by atoms with E-state index in [0.29, 0.717) is 48.0 Å². The number of hydrogen-bond donors (Lipinski definition) is 3. The van der Waals surface area contributed by atoms with E-state index in [4.69, 9.17) is 23.4 Å². The molecule has 0 radical (unpaired) electrons. The number of aliphatic hydroxyl groups is 3. The van der Waals surface area contributed by atoms with Crippen LogP contribution >= 0.6 is 0 Å². The van der Waals surface area contributed by atoms with Crippen LogP contribution in [0.25, 0.3) is 11.0 Å². The van der Waals surface area contributed by atoms with Crippen LogP contribution in [0.5, 0.6) is 5.75 Å². The highest BCUT2D eigenvalue weighted by molar-refractivity contribution is 5.90. The van der Waals surface area contributed by atoms with Crippen LogP contribution in [-0.4, -0.2) is 65.6 Å². The lowest BCUT2D eigenvalue weighted by atomic mass is 9.86. The fourth-order valence-electron chi connectivity index (χ4n) is 8.72. The molecule has 0 saturated carbocycles. The molecule has 3 aliphatic heterocycles. The van der Waals surface area contributed by atoms with E-state index in [9.17, 15) is 29.7 Å². The van der Waals surface area contributed by atoms with Gasteiger partial charge in [-0.05, 0) is 123 Å². The molecule has 3 N–H and O–H groups in total. The number of fused-ring (bicyclic) bond motifs is 13. The molecule has 0 aliphatic carbocycles. The van der Waals surface area contributed by atoms with Crippen molar-refractivity contribution in [2.75, 3.05) is 26.6 Å². The number of carbonyl (C=O) groups excluding carboxylic acids is 2. The maximum absolute atomic E-state index is 14.5. The molecule has 11 nitrogen and oxygen atoms in total. The fourth-order valence-corrected chi connectivity index (χ4v) is 8.72. The lowest BCUT2D eigenvalue weighted by molar-refractivity contribution is -0.188. The van der Waals surface area contributed by atoms with Crippen LogP contribution in [0.15, 0.2) is 117 Å². The van der Waals surface area contributed by atoms with E-state index in [-0.39, 0.29) is 55.3 Å². The fraction of sp³-hybridized carbons (Fsp3) is 0.392. The Morgan fingerprint density at radius 3 is 2.31 bits per heavy atom. The Hall–Kier alpha value is -5.59. The van der Waals surface area contributed by atoms with Crippen LogP contribution in [0.2, 0.25) is 0 Å². The SMILES string of the molecule is CC(CO)=C1CCc2ccc(cc2)CC(CCc2cccc(Cc3ccccc3)c2)CC(=O)OC2c3c(ccc4cc(C(CCO)COCO)c(=O)oc34)OC(C)(C)C2OC1=O. The average Bonchev–Trinajstić information content (AvgIpc) is 3.25. The van der Waals surface area contributed by atoms with Crippen LogP contribution in [0.1, 0.15) is 97.4 Å². The van der Waals surface area contributed by atoms with Crippen molar-refractivity contribution in [1.29, 1.82) is 0 Å². The summed E-state index contributed by atoms with van der Waals surface area (Å²) in [5, 5.41) is 29.8. The van der Waals surface area contributed by atoms with Gasteiger partial charge in [0.05, 0.1) is 18.8 Å². The number of benzene rings is 4. The molecule has 5 aromatic rings. The monoisotopic (exact) mass is 844 g/mol. The van der Waals surface area contributed by atoms with Crippen molar-refractivity contribution >= 4 is 22.9 Å². The van der Waals surface area contributed by atoms with E-state index in [1.54, 1.807) is 39.0 Å². The minimum Gasteiger partial charge on any atom is -0.483 e. The number of rotatable bonds is 12. The van der Waals surface area contributed by atoms with Crippen LogP contribution < -0.4 is 10.4 Å². The summed E-state index contributed by atoms with van der Waals surface area (Å²) in [5.41, 5.74) is 5.11. The van der Waals surface area contributed by atoms with Crippen molar-refractivity contribution in [3.8, 4) is 5.75 Å². The van der Waals surface area contributed by atoms with Gasteiger partial charge in [-0.3, -0.25) is 4.79 Å². The summed E-state index contributed by atoms with van der Waals surface area (Å²) in [7, 11) is 0. The number of carbonyl (C=O) groups is 2. The highest BCUT2D eigenvalue weighted by Gasteiger charge is 2.50. The van der Waals surface area contributed by atoms with E-state index in [0.717, 1.165) is 24.0 Å². The summed E-state index contributed by atoms with van der Waals surface area (Å²) in [5.74, 6) is -1.60. The Morgan fingerprint density at radius 2 is 1.56 bits per heavy atom. The standard InChI is InChI=1S/C51H56O11/c1-32(29-53)41-20-18-33-12-14-36(15-13-33)26-38(17-16-35-10-7-11-37(25-35)24-34-8-5-4-6-9-34)27-44(55)59-47-45-43(62-51(2,3)48(47)61-49(41)56)21-19-39-28-42(50(57)60-46(39)45)40(22-23-52)30-58-31-54/h4-15,19,21,25,28,38,40,47-48,52-54H,16-18,20,22-24,26-27,29-31H2,1-3H3. The Balaban J connectivity index is 1.27. The normalized spacial score (nSPS) is 20.4. The first-order chi connectivity index (χ1) is 30.0. The molecule has 4 unspecified atom stereocenters. The van der Waals surface area contributed by atoms with Crippen molar-refractivity contribution in [2.45, 2.75) is 95.9 Å². The van der Waals surface area contributed by atoms with Gasteiger partial charge in [-0.25, -0.2) is 9.59 Å². The van der Waals surface area contributed by atoms with Gasteiger partial charge in [-0.2, -0.15) is 0 Å². The number of ether oxygens (including phenoxy) is 4. The minimum absolute atomic E-state index is 0.0266. The quantitative estimate of drug-likeness (QED) is 0.0491. The Bertz CT molecular complexity index is 2430. The molecule has 11 heteroatoms. The lowest BCUT2D eigenvalue weighted by Crippen LogP contribution is -2.52. The molecule has 326 valence electrons. The molecule has 0 saturated heterocycles. The Labute approximate surface area is 361 Å². The summed E-state index contributed by atoms with van der Waals surface area (Å²) < 4.78 is 30.6. The summed E-state index contributed by atoms with van der Waals surface area (Å²) >= 11 is 0. The molecule has 1 aromatic heterocycles. The second-order valence-electron chi connectivity index (χ2n) is 17.1. The number of hydrogen-bond acceptors (Lipinski definition) is 11. The number of aryl methyl sites for hydroxylation is 2. The third-order valence-corrected chi connectivity index (χ3v) is 12.1. The lowest BCUT2D eigenvalue weighted by Gasteiger charge is -2.43. The molecule has 0 fully saturated rings. The molecular weight excluding hydrogens is 789 g/mol. The van der Waals surface area contributed by atoms with Gasteiger partial charge in [-0.15, -0.1) is 0 Å². The molecule has 0 spiro atoms. The predicted octanol–water partition coefficient (Wildman–Crippen LogP) is 7.62. The topological polar surface area (TPSA) is 162 Å². The van der Waals surface area contributed by atoms with Crippen molar-refractivity contribution in [3.05, 3.63) is 158 Å². The Kier molecular flexibility index (Phi) is 14.4. The molecule has 4 heterocycles. The first-order valence-corrected chi connectivity index (χ1v) is 21.4. The molecule has 0 amide bonds. The highest BCUT2D eigenvalue weighted by Crippen LogP contribution is 2.47. The van der Waals surface area contributed by atoms with E-state index in [1.807, 2.05) is 30.3 Å². The summed E-state index contributed by atoms with van der Waals surface area (Å²) in [6, 6.07) is 32.2. The predicted molar refractivity (Wildman–Crippen MR) is 234 cm³/mol. The van der Waals surface area contributed by atoms with Crippen LogP contribution in [-0.2, 0) is 49.5 Å². The molecule has 62 heavy (non-hydrogen) atoms. The average molecular weight is 845 g/mol. The van der Waals surface area contributed by atoms with E-state index in [1.165, 1.54) is 16.7 Å². The second-order valence-corrected chi connectivity index (χ2v) is 17.1. The van der Waals surface area contributed by atoms with Gasteiger partial charge in [-0.1, -0.05) is 78.9 Å². The van der Waals surface area contributed by atoms with E-state index < -0.39 is 48.1 Å². The summed E-state index contributed by atoms with van der Waals surface area (Å²) in [6.07, 6.45) is 1.47. The Morgan fingerprint density at radius 1 is 0.823 bits per heavy atom. The van der Waals surface area contributed by atoms with Gasteiger partial charge in [0.15, 0.2) is 12.2 Å². The zero-order valence-electron chi connectivity index (χ0n) is 35.6. The van der Waals surface area contributed by atoms with Gasteiger partial charge in [0.1, 0.15) is 23.7 Å². The first kappa shape index (κ1) is 44.5. The van der Waals surface area contributed by atoms with E-state index >= 15 is 0 Å². The van der Waals surface area contributed by atoms with Gasteiger partial charge < -0.3 is 38.7 Å². The van der Waals surface area contributed by atoms with Crippen molar-refractivity contribution in [1.82, 2.24) is 0 Å². The van der Waals surface area contributed by atoms with E-state index in [2.05, 4.69) is 48.5 Å². The minimum atomic E-state index is -1.26. The smallest absolute Gasteiger partial charge is 0.339 e. The van der Waals surface area contributed by atoms with Crippen molar-refractivity contribution in [3.63, 3.8) is 0 Å². The molecule has 8 rings (SSSR count). The molecule has 3 aliphatic rings. The van der Waals surface area contributed by atoms with Gasteiger partial charge in [0.2, 0.25) is 0 Å². The second kappa shape index (κ2) is 20.1. The zero-order valence-corrected chi connectivity index (χ0v) is 35.6. The highest BCUT2D eigenvalue weighted by atomic mass is 16.6. The molecule has 4 aromatic carbocycles. The first-order valence-electron chi connectivity index (χ1n) is 21.4. The molecular formula is C51H56O11. The summed E-state index contributed by atoms with van der Waals surface area (Å²) in [4.78, 5) is 42.5. The number of esters is 2. The van der Waals surface area contributed by atoms with Gasteiger partial charge in [0.25, 0.3) is 0 Å². The summed E-state index contributed by atoms with van der Waals surface area (Å²) in [6.45, 7) is 4.01. The molecule has 4 atom stereocenters. The maximum Gasteiger partial charge on any atom is 0.339 e. The molecule has 2 bridgehead atoms. The van der Waals surface area contributed by atoms with Crippen LogP contribution in [0.3, 0.4) is 0 Å². The van der Waals surface area contributed by atoms with Gasteiger partial charge >= 0.3 is 17.6 Å². The van der Waals surface area contributed by atoms with Crippen molar-refractivity contribution in [2.24, 2.45) is 5.92 Å². The van der Waals surface area contributed by atoms with Crippen molar-refractivity contribution < 1.29 is 48.3 Å². The van der Waals surface area contributed by atoms with Crippen LogP contribution in [0, 0.1) is 5.92 Å². The number of aliphatic hydroxyl groups excluding tert-OH is 3. The maximum atomic E-state index is 14.5. The largest absolute Gasteiger partial charge is 0.483 e. The van der Waals surface area contributed by atoms with Gasteiger partial charge in [0, 0.05) is 35.5 Å². The zero-order chi connectivity index (χ0) is 43.8. The third-order valence-electron chi connectivity index (χ3n) is 12.1.